The number of hydrogen-bond acceptors (Lipinski definition) is 2. The van der Waals surface area contributed by atoms with Crippen LogP contribution in [0.15, 0.2) is 16.7 Å². The fourth-order valence-corrected chi connectivity index (χ4v) is 1.69. The van der Waals surface area contributed by atoms with Crippen molar-refractivity contribution in [1.82, 2.24) is 5.32 Å². The normalized spacial score (nSPS) is 14.7. The number of halogens is 1. The molecule has 1 N–H and O–H groups in total. The molecule has 2 atom stereocenters. The van der Waals surface area contributed by atoms with Crippen molar-refractivity contribution in [3.8, 4) is 0 Å². The Bertz CT molecular complexity index is 335. The highest BCUT2D eigenvalue weighted by atomic mass is 79.9. The minimum absolute atomic E-state index is 0.0767. The van der Waals surface area contributed by atoms with Crippen LogP contribution in [-0.2, 0) is 0 Å². The number of carbonyl (C=O) groups is 1. The van der Waals surface area contributed by atoms with Crippen molar-refractivity contribution in [3.63, 3.8) is 0 Å². The number of furan rings is 1. The van der Waals surface area contributed by atoms with Gasteiger partial charge in [0.15, 0.2) is 0 Å². The van der Waals surface area contributed by atoms with E-state index in [-0.39, 0.29) is 11.9 Å². The summed E-state index contributed by atoms with van der Waals surface area (Å²) in [6.07, 6.45) is 1.48. The zero-order chi connectivity index (χ0) is 11.4. The van der Waals surface area contributed by atoms with E-state index in [1.54, 1.807) is 6.07 Å². The maximum Gasteiger partial charge on any atom is 0.254 e. The Kier molecular flexibility index (Phi) is 4.39. The fraction of sp³-hybridized carbons (Fsp3) is 0.545. The maximum absolute atomic E-state index is 11.7. The Labute approximate surface area is 98.4 Å². The van der Waals surface area contributed by atoms with E-state index in [0.29, 0.717) is 11.5 Å². The molecular weight excluding hydrogens is 258 g/mol. The predicted octanol–water partition coefficient (Wildman–Crippen LogP) is 2.74. The third kappa shape index (κ3) is 3.38. The molecule has 0 saturated heterocycles. The van der Waals surface area contributed by atoms with Crippen molar-refractivity contribution in [3.05, 3.63) is 23.7 Å². The van der Waals surface area contributed by atoms with E-state index in [1.807, 2.05) is 13.8 Å². The molecule has 0 spiro atoms. The summed E-state index contributed by atoms with van der Waals surface area (Å²) in [5.41, 5.74) is 0.584. The maximum atomic E-state index is 11.7. The summed E-state index contributed by atoms with van der Waals surface area (Å²) >= 11 is 3.40. The first-order valence-electron chi connectivity index (χ1n) is 4.96. The van der Waals surface area contributed by atoms with Crippen molar-refractivity contribution in [2.75, 3.05) is 5.33 Å². The van der Waals surface area contributed by atoms with E-state index in [1.165, 1.54) is 6.26 Å². The van der Waals surface area contributed by atoms with E-state index in [0.717, 1.165) is 11.1 Å². The molecule has 0 radical (unpaired) electrons. The zero-order valence-electron chi connectivity index (χ0n) is 9.21. The van der Waals surface area contributed by atoms with Crippen LogP contribution in [0.3, 0.4) is 0 Å². The highest BCUT2D eigenvalue weighted by molar-refractivity contribution is 9.09. The lowest BCUT2D eigenvalue weighted by molar-refractivity contribution is 0.0930. The monoisotopic (exact) mass is 273 g/mol. The SMILES string of the molecule is Cc1cc(C(=O)NC(C)C(C)CBr)co1. The lowest BCUT2D eigenvalue weighted by Crippen LogP contribution is -2.37. The summed E-state index contributed by atoms with van der Waals surface area (Å²) in [5, 5.41) is 3.81. The number of carbonyl (C=O) groups excluding carboxylic acids is 1. The molecule has 3 nitrogen and oxygen atoms in total. The molecule has 0 aliphatic rings. The first-order chi connectivity index (χ1) is 7.04. The molecule has 1 aromatic heterocycles. The summed E-state index contributed by atoms with van der Waals surface area (Å²) in [6.45, 7) is 5.90. The van der Waals surface area contributed by atoms with E-state index in [9.17, 15) is 4.79 Å². The predicted molar refractivity (Wildman–Crippen MR) is 63.3 cm³/mol. The molecule has 0 aromatic carbocycles. The molecule has 1 amide bonds. The largest absolute Gasteiger partial charge is 0.469 e. The van der Waals surface area contributed by atoms with Crippen LogP contribution in [-0.4, -0.2) is 17.3 Å². The molecule has 1 rings (SSSR count). The van der Waals surface area contributed by atoms with Gasteiger partial charge in [-0.25, -0.2) is 0 Å². The quantitative estimate of drug-likeness (QED) is 0.858. The Morgan fingerprint density at radius 3 is 2.73 bits per heavy atom. The van der Waals surface area contributed by atoms with Gasteiger partial charge < -0.3 is 9.73 Å². The van der Waals surface area contributed by atoms with Crippen molar-refractivity contribution in [2.24, 2.45) is 5.92 Å². The molecule has 15 heavy (non-hydrogen) atoms. The molecule has 1 heterocycles. The number of rotatable bonds is 4. The summed E-state index contributed by atoms with van der Waals surface area (Å²) in [7, 11) is 0. The average molecular weight is 274 g/mol. The van der Waals surface area contributed by atoms with Crippen LogP contribution < -0.4 is 5.32 Å². The minimum atomic E-state index is -0.0767. The number of nitrogens with one attached hydrogen (secondary N) is 1. The Hall–Kier alpha value is -0.770. The van der Waals surface area contributed by atoms with E-state index >= 15 is 0 Å². The van der Waals surface area contributed by atoms with Crippen LogP contribution in [0, 0.1) is 12.8 Å². The van der Waals surface area contributed by atoms with Gasteiger partial charge in [0.2, 0.25) is 0 Å². The summed E-state index contributed by atoms with van der Waals surface area (Å²) < 4.78 is 5.08. The van der Waals surface area contributed by atoms with Gasteiger partial charge >= 0.3 is 0 Å². The van der Waals surface area contributed by atoms with Crippen LogP contribution in [0.1, 0.15) is 30.0 Å². The van der Waals surface area contributed by atoms with Gasteiger partial charge in [-0.05, 0) is 25.8 Å². The molecule has 0 aliphatic heterocycles. The van der Waals surface area contributed by atoms with Gasteiger partial charge in [-0.1, -0.05) is 22.9 Å². The molecule has 1 aromatic rings. The zero-order valence-corrected chi connectivity index (χ0v) is 10.8. The van der Waals surface area contributed by atoms with E-state index in [2.05, 4.69) is 28.2 Å². The lowest BCUT2D eigenvalue weighted by atomic mass is 10.1. The molecule has 0 aliphatic carbocycles. The van der Waals surface area contributed by atoms with Gasteiger partial charge in [0.25, 0.3) is 5.91 Å². The number of alkyl halides is 1. The van der Waals surface area contributed by atoms with Gasteiger partial charge in [0, 0.05) is 11.4 Å². The highest BCUT2D eigenvalue weighted by Crippen LogP contribution is 2.09. The van der Waals surface area contributed by atoms with E-state index < -0.39 is 0 Å². The third-order valence-corrected chi connectivity index (χ3v) is 3.47. The molecular formula is C11H16BrNO2. The van der Waals surface area contributed by atoms with E-state index in [4.69, 9.17) is 4.42 Å². The van der Waals surface area contributed by atoms with Crippen molar-refractivity contribution in [1.29, 1.82) is 0 Å². The first kappa shape index (κ1) is 12.3. The lowest BCUT2D eigenvalue weighted by Gasteiger charge is -2.18. The number of aryl methyl sites for hydroxylation is 1. The van der Waals surface area contributed by atoms with Gasteiger partial charge in [-0.2, -0.15) is 0 Å². The van der Waals surface area contributed by atoms with Crippen LogP contribution >= 0.6 is 15.9 Å². The van der Waals surface area contributed by atoms with Crippen molar-refractivity contribution >= 4 is 21.8 Å². The van der Waals surface area contributed by atoms with Gasteiger partial charge in [0.1, 0.15) is 12.0 Å². The molecule has 2 unspecified atom stereocenters. The van der Waals surface area contributed by atoms with Crippen LogP contribution in [0.4, 0.5) is 0 Å². The molecule has 4 heteroatoms. The topological polar surface area (TPSA) is 42.2 Å². The number of hydrogen-bond donors (Lipinski definition) is 1. The molecule has 0 saturated carbocycles. The highest BCUT2D eigenvalue weighted by Gasteiger charge is 2.15. The summed E-state index contributed by atoms with van der Waals surface area (Å²) in [4.78, 5) is 11.7. The molecule has 0 fully saturated rings. The second kappa shape index (κ2) is 5.35. The second-order valence-electron chi connectivity index (χ2n) is 3.84. The van der Waals surface area contributed by atoms with Crippen LogP contribution in [0.25, 0.3) is 0 Å². The Morgan fingerprint density at radius 1 is 1.60 bits per heavy atom. The van der Waals surface area contributed by atoms with Crippen molar-refractivity contribution in [2.45, 2.75) is 26.8 Å². The van der Waals surface area contributed by atoms with Gasteiger partial charge in [-0.3, -0.25) is 4.79 Å². The second-order valence-corrected chi connectivity index (χ2v) is 4.49. The third-order valence-electron chi connectivity index (χ3n) is 2.45. The van der Waals surface area contributed by atoms with Gasteiger partial charge in [0.05, 0.1) is 5.56 Å². The minimum Gasteiger partial charge on any atom is -0.469 e. The number of amides is 1. The van der Waals surface area contributed by atoms with Crippen LogP contribution in [0.5, 0.6) is 0 Å². The Morgan fingerprint density at radius 2 is 2.27 bits per heavy atom. The molecule has 84 valence electrons. The van der Waals surface area contributed by atoms with Gasteiger partial charge in [-0.15, -0.1) is 0 Å². The standard InChI is InChI=1S/C11H16BrNO2/c1-7(5-12)9(3)13-11(14)10-4-8(2)15-6-10/h4,6-7,9H,5H2,1-3H3,(H,13,14). The molecule has 0 bridgehead atoms. The smallest absolute Gasteiger partial charge is 0.254 e. The average Bonchev–Trinajstić information content (AvgIpc) is 2.63. The first-order valence-corrected chi connectivity index (χ1v) is 6.08. The fourth-order valence-electron chi connectivity index (χ4n) is 1.13. The van der Waals surface area contributed by atoms with Crippen LogP contribution in [0.2, 0.25) is 0 Å². The Balaban J connectivity index is 2.56. The summed E-state index contributed by atoms with van der Waals surface area (Å²) in [6, 6.07) is 1.88. The summed E-state index contributed by atoms with van der Waals surface area (Å²) in [5.74, 6) is 1.08. The van der Waals surface area contributed by atoms with Crippen molar-refractivity contribution < 1.29 is 9.21 Å².